The van der Waals surface area contributed by atoms with Gasteiger partial charge in [0.05, 0.1) is 12.5 Å². The zero-order valence-electron chi connectivity index (χ0n) is 23.5. The Kier molecular flexibility index (Phi) is 12.0. The third-order valence-corrected chi connectivity index (χ3v) is 7.37. The summed E-state index contributed by atoms with van der Waals surface area (Å²) in [7, 11) is 0. The van der Waals surface area contributed by atoms with E-state index in [1.807, 2.05) is 30.5 Å². The number of aromatic nitrogens is 1. The standard InChI is InChI=1S/C29H36N6O7S/c1-43-11-10-20(30)26(38)33-22(13-17-15-32-21-5-3-2-4-19(17)21)27(39)34-23(14-25(31)37)28(40)35-24(29(41)42)12-16-6-8-18(36)9-7-16/h2-9,15,20,22-24,32,36H,10-14,30H2,1H3,(H2,31,37)(H,33,38)(H,34,39)(H,35,40)(H,41,42). The SMILES string of the molecule is CSCCC(N)C(=O)NC(Cc1c[nH]c2ccccc12)C(=O)NC(CC(N)=O)C(=O)NC(Cc1ccc(O)cc1)C(=O)O. The lowest BCUT2D eigenvalue weighted by Crippen LogP contribution is -2.58. The molecule has 0 saturated heterocycles. The third kappa shape index (κ3) is 9.75. The van der Waals surface area contributed by atoms with Crippen LogP contribution in [0.25, 0.3) is 10.9 Å². The number of nitrogens with two attached hydrogens (primary N) is 2. The highest BCUT2D eigenvalue weighted by Crippen LogP contribution is 2.19. The third-order valence-electron chi connectivity index (χ3n) is 6.73. The van der Waals surface area contributed by atoms with Gasteiger partial charge in [-0.3, -0.25) is 19.2 Å². The zero-order valence-corrected chi connectivity index (χ0v) is 24.4. The maximum absolute atomic E-state index is 13.6. The van der Waals surface area contributed by atoms with E-state index in [-0.39, 0.29) is 18.6 Å². The zero-order chi connectivity index (χ0) is 31.5. The maximum atomic E-state index is 13.6. The monoisotopic (exact) mass is 612 g/mol. The van der Waals surface area contributed by atoms with Gasteiger partial charge in [-0.25, -0.2) is 4.79 Å². The van der Waals surface area contributed by atoms with Crippen molar-refractivity contribution >= 4 is 52.3 Å². The molecule has 4 unspecified atom stereocenters. The normalized spacial score (nSPS) is 13.8. The van der Waals surface area contributed by atoms with Crippen LogP contribution in [0.4, 0.5) is 0 Å². The number of rotatable bonds is 16. The molecule has 3 aromatic rings. The molecule has 0 aliphatic rings. The topological polar surface area (TPSA) is 230 Å². The highest BCUT2D eigenvalue weighted by atomic mass is 32.2. The van der Waals surface area contributed by atoms with Crippen molar-refractivity contribution in [2.24, 2.45) is 11.5 Å². The molecule has 0 radical (unpaired) electrons. The quantitative estimate of drug-likeness (QED) is 0.110. The average Bonchev–Trinajstić information content (AvgIpc) is 3.38. The molecule has 2 aromatic carbocycles. The first-order valence-electron chi connectivity index (χ1n) is 13.5. The Bertz CT molecular complexity index is 1440. The Morgan fingerprint density at radius 2 is 1.51 bits per heavy atom. The fourth-order valence-electron chi connectivity index (χ4n) is 4.41. The Hall–Kier alpha value is -4.56. The number of carbonyl (C=O) groups excluding carboxylic acids is 4. The van der Waals surface area contributed by atoms with E-state index < -0.39 is 60.2 Å². The number of amides is 4. The fourth-order valence-corrected chi connectivity index (χ4v) is 4.90. The van der Waals surface area contributed by atoms with E-state index in [9.17, 15) is 34.2 Å². The van der Waals surface area contributed by atoms with Crippen molar-refractivity contribution in [3.05, 3.63) is 65.9 Å². The van der Waals surface area contributed by atoms with E-state index >= 15 is 0 Å². The van der Waals surface area contributed by atoms with Crippen LogP contribution in [-0.2, 0) is 36.8 Å². The number of primary amides is 1. The number of thioether (sulfide) groups is 1. The van der Waals surface area contributed by atoms with Gasteiger partial charge in [0, 0.05) is 29.9 Å². The molecule has 1 heterocycles. The van der Waals surface area contributed by atoms with Gasteiger partial charge in [-0.05, 0) is 47.8 Å². The van der Waals surface area contributed by atoms with Crippen molar-refractivity contribution in [1.82, 2.24) is 20.9 Å². The molecule has 4 atom stereocenters. The van der Waals surface area contributed by atoms with Crippen molar-refractivity contribution in [2.75, 3.05) is 12.0 Å². The number of H-pyrrole nitrogens is 1. The number of aliphatic carboxylic acids is 1. The lowest BCUT2D eigenvalue weighted by Gasteiger charge is -2.25. The molecule has 0 aliphatic heterocycles. The van der Waals surface area contributed by atoms with E-state index in [1.165, 1.54) is 36.0 Å². The second-order valence-electron chi connectivity index (χ2n) is 10.0. The molecule has 13 nitrogen and oxygen atoms in total. The summed E-state index contributed by atoms with van der Waals surface area (Å²) in [6.45, 7) is 0. The highest BCUT2D eigenvalue weighted by molar-refractivity contribution is 7.98. The number of aromatic amines is 1. The largest absolute Gasteiger partial charge is 0.508 e. The van der Waals surface area contributed by atoms with Crippen molar-refractivity contribution in [3.63, 3.8) is 0 Å². The van der Waals surface area contributed by atoms with Crippen LogP contribution in [0.3, 0.4) is 0 Å². The summed E-state index contributed by atoms with van der Waals surface area (Å²) in [6, 6.07) is 8.12. The summed E-state index contributed by atoms with van der Waals surface area (Å²) < 4.78 is 0. The van der Waals surface area contributed by atoms with Gasteiger partial charge in [0.25, 0.3) is 0 Å². The molecule has 0 bridgehead atoms. The highest BCUT2D eigenvalue weighted by Gasteiger charge is 2.32. The van der Waals surface area contributed by atoms with E-state index in [0.717, 1.165) is 10.9 Å². The number of hydrogen-bond donors (Lipinski definition) is 8. The van der Waals surface area contributed by atoms with Crippen molar-refractivity contribution in [2.45, 2.75) is 49.9 Å². The number of aromatic hydroxyl groups is 1. The summed E-state index contributed by atoms with van der Waals surface area (Å²) in [5.74, 6) is -3.96. The van der Waals surface area contributed by atoms with Gasteiger partial charge < -0.3 is 42.6 Å². The summed E-state index contributed by atoms with van der Waals surface area (Å²) in [6.07, 6.45) is 3.23. The van der Waals surface area contributed by atoms with Crippen LogP contribution in [-0.4, -0.2) is 81.0 Å². The van der Waals surface area contributed by atoms with E-state index in [4.69, 9.17) is 11.5 Å². The molecule has 43 heavy (non-hydrogen) atoms. The molecular formula is C29H36N6O7S. The predicted molar refractivity (Wildman–Crippen MR) is 162 cm³/mol. The van der Waals surface area contributed by atoms with Gasteiger partial charge in [-0.1, -0.05) is 30.3 Å². The Morgan fingerprint density at radius 1 is 0.884 bits per heavy atom. The number of hydrogen-bond acceptors (Lipinski definition) is 8. The second-order valence-corrected chi connectivity index (χ2v) is 11.0. The number of carbonyl (C=O) groups is 5. The smallest absolute Gasteiger partial charge is 0.326 e. The summed E-state index contributed by atoms with van der Waals surface area (Å²) >= 11 is 1.52. The minimum atomic E-state index is -1.53. The molecule has 230 valence electrons. The van der Waals surface area contributed by atoms with Gasteiger partial charge in [-0.15, -0.1) is 0 Å². The van der Waals surface area contributed by atoms with Crippen molar-refractivity contribution in [3.8, 4) is 5.75 Å². The van der Waals surface area contributed by atoms with Crippen LogP contribution in [0.2, 0.25) is 0 Å². The number of fused-ring (bicyclic) bond motifs is 1. The van der Waals surface area contributed by atoms with Gasteiger partial charge in [0.2, 0.25) is 23.6 Å². The molecule has 0 spiro atoms. The molecule has 4 amide bonds. The molecule has 1 aromatic heterocycles. The van der Waals surface area contributed by atoms with Gasteiger partial charge in [0.1, 0.15) is 23.9 Å². The van der Waals surface area contributed by atoms with Crippen molar-refractivity contribution in [1.29, 1.82) is 0 Å². The molecule has 14 heteroatoms. The van der Waals surface area contributed by atoms with E-state index in [0.29, 0.717) is 23.3 Å². The second kappa shape index (κ2) is 15.6. The summed E-state index contributed by atoms with van der Waals surface area (Å²) in [5, 5.41) is 27.5. The van der Waals surface area contributed by atoms with Crippen LogP contribution in [0.5, 0.6) is 5.75 Å². The minimum absolute atomic E-state index is 0.0108. The van der Waals surface area contributed by atoms with Crippen LogP contribution in [0.15, 0.2) is 54.7 Å². The number of carboxylic acids is 1. The maximum Gasteiger partial charge on any atom is 0.326 e. The molecule has 0 aliphatic carbocycles. The van der Waals surface area contributed by atoms with Crippen LogP contribution in [0.1, 0.15) is 24.0 Å². The minimum Gasteiger partial charge on any atom is -0.508 e. The number of para-hydroxylation sites is 1. The molecule has 10 N–H and O–H groups in total. The fraction of sp³-hybridized carbons (Fsp3) is 0.345. The molecule has 0 fully saturated rings. The van der Waals surface area contributed by atoms with Crippen molar-refractivity contribution < 1.29 is 34.2 Å². The van der Waals surface area contributed by atoms with Crippen LogP contribution in [0, 0.1) is 0 Å². The summed E-state index contributed by atoms with van der Waals surface area (Å²) in [5.41, 5.74) is 13.4. The van der Waals surface area contributed by atoms with E-state index in [1.54, 1.807) is 6.20 Å². The Morgan fingerprint density at radius 3 is 2.16 bits per heavy atom. The first-order chi connectivity index (χ1) is 20.5. The predicted octanol–water partition coefficient (Wildman–Crippen LogP) is 0.154. The summed E-state index contributed by atoms with van der Waals surface area (Å²) in [4.78, 5) is 66.5. The number of phenols is 1. The van der Waals surface area contributed by atoms with E-state index in [2.05, 4.69) is 20.9 Å². The van der Waals surface area contributed by atoms with Crippen LogP contribution >= 0.6 is 11.8 Å². The van der Waals surface area contributed by atoms with Gasteiger partial charge in [-0.2, -0.15) is 11.8 Å². The lowest BCUT2D eigenvalue weighted by molar-refractivity contribution is -0.142. The van der Waals surface area contributed by atoms with Gasteiger partial charge in [0.15, 0.2) is 0 Å². The lowest BCUT2D eigenvalue weighted by atomic mass is 10.0. The average molecular weight is 613 g/mol. The number of carboxylic acid groups (broad SMARTS) is 1. The molecule has 3 rings (SSSR count). The molecular weight excluding hydrogens is 576 g/mol. The van der Waals surface area contributed by atoms with Gasteiger partial charge >= 0.3 is 5.97 Å². The number of benzene rings is 2. The number of nitrogens with one attached hydrogen (secondary N) is 4. The Balaban J connectivity index is 1.81. The van der Waals surface area contributed by atoms with Crippen LogP contribution < -0.4 is 27.4 Å². The number of phenolic OH excluding ortho intramolecular Hbond substituents is 1. The molecule has 0 saturated carbocycles. The first-order valence-corrected chi connectivity index (χ1v) is 14.9. The Labute approximate surface area is 252 Å². The first kappa shape index (κ1) is 32.9.